The lowest BCUT2D eigenvalue weighted by molar-refractivity contribution is 0.670. The molecular weight excluding hydrogens is 328 g/mol. The second kappa shape index (κ2) is 11.3. The van der Waals surface area contributed by atoms with Gasteiger partial charge in [-0.1, -0.05) is 47.3 Å². The van der Waals surface area contributed by atoms with Crippen molar-refractivity contribution in [2.45, 2.75) is 25.7 Å². The van der Waals surface area contributed by atoms with Crippen LogP contribution in [0.1, 0.15) is 25.7 Å². The molecular formula is C18H22N8. The lowest BCUT2D eigenvalue weighted by atomic mass is 10.2. The second-order valence-corrected chi connectivity index (χ2v) is 5.74. The quantitative estimate of drug-likeness (QED) is 0.204. The van der Waals surface area contributed by atoms with E-state index in [4.69, 9.17) is 11.1 Å². The van der Waals surface area contributed by atoms with Crippen molar-refractivity contribution in [1.29, 1.82) is 0 Å². The molecule has 2 aromatic carbocycles. The first-order valence-electron chi connectivity index (χ1n) is 8.60. The van der Waals surface area contributed by atoms with Crippen LogP contribution in [0.3, 0.4) is 0 Å². The molecule has 0 bridgehead atoms. The third-order valence-corrected chi connectivity index (χ3v) is 3.82. The number of hydrogen-bond donors (Lipinski definition) is 2. The average Bonchev–Trinajstić information content (AvgIpc) is 2.67. The van der Waals surface area contributed by atoms with E-state index in [-0.39, 0.29) is 0 Å². The van der Waals surface area contributed by atoms with Gasteiger partial charge in [0.2, 0.25) is 0 Å². The van der Waals surface area contributed by atoms with E-state index in [0.29, 0.717) is 11.4 Å². The molecule has 0 fully saturated rings. The van der Waals surface area contributed by atoms with Gasteiger partial charge >= 0.3 is 0 Å². The standard InChI is InChI=1S/C18H22N8/c19-25-23-17-9-5-15(6-10-17)21-13-3-1-2-4-14-22-16-7-11-18(12-8-16)24-26-20/h5-12,21-22H,1-4,13-14H2. The molecule has 0 heterocycles. The number of rotatable bonds is 11. The third-order valence-electron chi connectivity index (χ3n) is 3.82. The van der Waals surface area contributed by atoms with Crippen LogP contribution in [0.25, 0.3) is 20.9 Å². The van der Waals surface area contributed by atoms with Crippen LogP contribution in [-0.4, -0.2) is 13.1 Å². The summed E-state index contributed by atoms with van der Waals surface area (Å²) in [5.41, 5.74) is 20.1. The third kappa shape index (κ3) is 7.05. The predicted octanol–water partition coefficient (Wildman–Crippen LogP) is 6.65. The highest BCUT2D eigenvalue weighted by Gasteiger charge is 1.95. The normalized spacial score (nSPS) is 9.69. The van der Waals surface area contributed by atoms with Crippen LogP contribution in [0.5, 0.6) is 0 Å². The molecule has 0 spiro atoms. The molecule has 0 aliphatic rings. The van der Waals surface area contributed by atoms with Crippen LogP contribution in [0.2, 0.25) is 0 Å². The van der Waals surface area contributed by atoms with Crippen LogP contribution in [0, 0.1) is 0 Å². The van der Waals surface area contributed by atoms with Gasteiger partial charge in [0.05, 0.1) is 0 Å². The number of nitrogens with one attached hydrogen (secondary N) is 2. The summed E-state index contributed by atoms with van der Waals surface area (Å²) < 4.78 is 0. The van der Waals surface area contributed by atoms with Gasteiger partial charge < -0.3 is 10.6 Å². The lowest BCUT2D eigenvalue weighted by Gasteiger charge is -2.08. The number of unbranched alkanes of at least 4 members (excludes halogenated alkanes) is 3. The smallest absolute Gasteiger partial charge is 0.0376 e. The lowest BCUT2D eigenvalue weighted by Crippen LogP contribution is -2.03. The zero-order chi connectivity index (χ0) is 18.5. The minimum Gasteiger partial charge on any atom is -0.385 e. The first kappa shape index (κ1) is 19.0. The van der Waals surface area contributed by atoms with Gasteiger partial charge in [0, 0.05) is 45.7 Å². The summed E-state index contributed by atoms with van der Waals surface area (Å²) in [6, 6.07) is 14.9. The summed E-state index contributed by atoms with van der Waals surface area (Å²) in [7, 11) is 0. The van der Waals surface area contributed by atoms with E-state index in [1.54, 1.807) is 24.3 Å². The molecule has 26 heavy (non-hydrogen) atoms. The maximum Gasteiger partial charge on any atom is 0.0376 e. The molecule has 134 valence electrons. The van der Waals surface area contributed by atoms with Crippen molar-refractivity contribution in [1.82, 2.24) is 0 Å². The average molecular weight is 350 g/mol. The van der Waals surface area contributed by atoms with Gasteiger partial charge in [0.1, 0.15) is 0 Å². The Morgan fingerprint density at radius 1 is 0.615 bits per heavy atom. The van der Waals surface area contributed by atoms with Crippen molar-refractivity contribution in [2.75, 3.05) is 23.7 Å². The van der Waals surface area contributed by atoms with Crippen molar-refractivity contribution in [2.24, 2.45) is 10.2 Å². The Balaban J connectivity index is 1.52. The van der Waals surface area contributed by atoms with Crippen LogP contribution in [-0.2, 0) is 0 Å². The molecule has 0 amide bonds. The van der Waals surface area contributed by atoms with E-state index < -0.39 is 0 Å². The van der Waals surface area contributed by atoms with E-state index in [1.165, 1.54) is 12.8 Å². The van der Waals surface area contributed by atoms with Crippen LogP contribution >= 0.6 is 0 Å². The summed E-state index contributed by atoms with van der Waals surface area (Å²) in [4.78, 5) is 5.52. The summed E-state index contributed by atoms with van der Waals surface area (Å²) in [6.45, 7) is 1.85. The fourth-order valence-corrected chi connectivity index (χ4v) is 2.46. The summed E-state index contributed by atoms with van der Waals surface area (Å²) in [5, 5.41) is 13.8. The maximum atomic E-state index is 8.37. The molecule has 0 aliphatic carbocycles. The van der Waals surface area contributed by atoms with Crippen molar-refractivity contribution in [3.8, 4) is 0 Å². The van der Waals surface area contributed by atoms with Gasteiger partial charge in [-0.15, -0.1) is 0 Å². The molecule has 0 aromatic heterocycles. The van der Waals surface area contributed by atoms with Crippen molar-refractivity contribution in [3.63, 3.8) is 0 Å². The van der Waals surface area contributed by atoms with E-state index in [0.717, 1.165) is 37.3 Å². The van der Waals surface area contributed by atoms with Gasteiger partial charge in [-0.2, -0.15) is 0 Å². The molecule has 0 aliphatic heterocycles. The van der Waals surface area contributed by atoms with E-state index in [9.17, 15) is 0 Å². The van der Waals surface area contributed by atoms with Crippen molar-refractivity contribution in [3.05, 3.63) is 69.4 Å². The number of azide groups is 2. The molecule has 8 heteroatoms. The van der Waals surface area contributed by atoms with E-state index >= 15 is 0 Å². The molecule has 2 rings (SSSR count). The molecule has 8 nitrogen and oxygen atoms in total. The summed E-state index contributed by atoms with van der Waals surface area (Å²) in [5.74, 6) is 0. The van der Waals surface area contributed by atoms with Gasteiger partial charge in [-0.3, -0.25) is 0 Å². The Hall–Kier alpha value is -3.34. The molecule has 2 N–H and O–H groups in total. The van der Waals surface area contributed by atoms with Crippen LogP contribution in [0.4, 0.5) is 22.7 Å². The van der Waals surface area contributed by atoms with Crippen LogP contribution in [0.15, 0.2) is 58.8 Å². The number of hydrogen-bond acceptors (Lipinski definition) is 4. The minimum absolute atomic E-state index is 0.623. The van der Waals surface area contributed by atoms with Gasteiger partial charge in [0.25, 0.3) is 0 Å². The molecule has 2 aromatic rings. The second-order valence-electron chi connectivity index (χ2n) is 5.74. The fraction of sp³-hybridized carbons (Fsp3) is 0.333. The van der Waals surface area contributed by atoms with Crippen molar-refractivity contribution >= 4 is 22.7 Å². The topological polar surface area (TPSA) is 122 Å². The number of anilines is 2. The highest BCUT2D eigenvalue weighted by Crippen LogP contribution is 2.17. The predicted molar refractivity (Wildman–Crippen MR) is 106 cm³/mol. The van der Waals surface area contributed by atoms with Gasteiger partial charge in [-0.05, 0) is 48.2 Å². The zero-order valence-electron chi connectivity index (χ0n) is 14.5. The molecule has 0 unspecified atom stereocenters. The largest absolute Gasteiger partial charge is 0.385 e. The monoisotopic (exact) mass is 350 g/mol. The Bertz CT molecular complexity index is 689. The Morgan fingerprint density at radius 2 is 1.00 bits per heavy atom. The molecule has 0 radical (unpaired) electrons. The molecule has 0 saturated heterocycles. The summed E-state index contributed by atoms with van der Waals surface area (Å²) in [6.07, 6.45) is 4.56. The number of benzene rings is 2. The van der Waals surface area contributed by atoms with E-state index in [1.807, 2.05) is 24.3 Å². The highest BCUT2D eigenvalue weighted by atomic mass is 15.1. The zero-order valence-corrected chi connectivity index (χ0v) is 14.5. The Morgan fingerprint density at radius 3 is 1.35 bits per heavy atom. The van der Waals surface area contributed by atoms with Gasteiger partial charge in [0.15, 0.2) is 0 Å². The molecule has 0 atom stereocenters. The first-order valence-corrected chi connectivity index (χ1v) is 8.60. The number of nitrogens with zero attached hydrogens (tertiary/aromatic N) is 6. The minimum atomic E-state index is 0.623. The van der Waals surface area contributed by atoms with Crippen LogP contribution < -0.4 is 10.6 Å². The Kier molecular flexibility index (Phi) is 8.22. The van der Waals surface area contributed by atoms with Gasteiger partial charge in [-0.25, -0.2) is 0 Å². The van der Waals surface area contributed by atoms with Crippen molar-refractivity contribution < 1.29 is 0 Å². The SMILES string of the molecule is [N-]=[N+]=Nc1ccc(NCCCCCCNc2ccc(N=[N+]=[N-])cc2)cc1. The van der Waals surface area contributed by atoms with E-state index in [2.05, 4.69) is 30.7 Å². The fourth-order valence-electron chi connectivity index (χ4n) is 2.46. The first-order chi connectivity index (χ1) is 12.8. The Labute approximate surface area is 152 Å². The summed E-state index contributed by atoms with van der Waals surface area (Å²) >= 11 is 0. The maximum absolute atomic E-state index is 8.37. The molecule has 0 saturated carbocycles. The highest BCUT2D eigenvalue weighted by molar-refractivity contribution is 5.51.